The number of nitrogens with zero attached hydrogens (tertiary/aromatic N) is 1. The lowest BCUT2D eigenvalue weighted by Gasteiger charge is -2.04. The number of carbonyl (C=O) groups is 2. The maximum absolute atomic E-state index is 11.8. The molecule has 0 saturated heterocycles. The molecule has 0 aliphatic heterocycles. The standard InChI is InChI=1S/C17H11Cl2N3O3/c18-10-4-9-6-12(16(21)24)17(25-14(9)13(19)7-10)22-11-3-1-2-8(5-11)15(20)23/h1-7H,(H2,20,23)(H2,21,24). The SMILES string of the molecule is NC(=O)c1cccc(N=c2oc3c(Cl)cc(Cl)cc3cc2C(N)=O)c1. The smallest absolute Gasteiger partial charge is 0.254 e. The molecule has 0 atom stereocenters. The summed E-state index contributed by atoms with van der Waals surface area (Å²) in [6.45, 7) is 0. The van der Waals surface area contributed by atoms with Crippen molar-refractivity contribution in [3.8, 4) is 0 Å². The molecule has 4 N–H and O–H groups in total. The number of hydrogen-bond donors (Lipinski definition) is 2. The summed E-state index contributed by atoms with van der Waals surface area (Å²) in [6.07, 6.45) is 0. The second-order valence-corrected chi connectivity index (χ2v) is 6.01. The third-order valence-corrected chi connectivity index (χ3v) is 3.89. The fourth-order valence-electron chi connectivity index (χ4n) is 2.27. The number of rotatable bonds is 3. The zero-order valence-electron chi connectivity index (χ0n) is 12.6. The Kier molecular flexibility index (Phi) is 4.48. The average molecular weight is 376 g/mol. The lowest BCUT2D eigenvalue weighted by atomic mass is 10.1. The molecule has 0 fully saturated rings. The summed E-state index contributed by atoms with van der Waals surface area (Å²) in [7, 11) is 0. The van der Waals surface area contributed by atoms with Crippen LogP contribution in [0.3, 0.4) is 0 Å². The van der Waals surface area contributed by atoms with Gasteiger partial charge in [-0.05, 0) is 36.4 Å². The van der Waals surface area contributed by atoms with Crippen LogP contribution in [0.5, 0.6) is 0 Å². The number of carbonyl (C=O) groups excluding carboxylic acids is 2. The molecular weight excluding hydrogens is 365 g/mol. The summed E-state index contributed by atoms with van der Waals surface area (Å²) in [5.41, 5.74) is 11.6. The van der Waals surface area contributed by atoms with Gasteiger partial charge in [0.15, 0.2) is 5.58 Å². The first-order valence-corrected chi connectivity index (χ1v) is 7.78. The van der Waals surface area contributed by atoms with Gasteiger partial charge in [-0.25, -0.2) is 4.99 Å². The van der Waals surface area contributed by atoms with Gasteiger partial charge in [-0.2, -0.15) is 0 Å². The first-order chi connectivity index (χ1) is 11.8. The highest BCUT2D eigenvalue weighted by atomic mass is 35.5. The number of halogens is 2. The maximum atomic E-state index is 11.8. The maximum Gasteiger partial charge on any atom is 0.254 e. The number of fused-ring (bicyclic) bond motifs is 1. The summed E-state index contributed by atoms with van der Waals surface area (Å²) in [5.74, 6) is -1.33. The van der Waals surface area contributed by atoms with Crippen molar-refractivity contribution in [3.05, 3.63) is 69.2 Å². The van der Waals surface area contributed by atoms with E-state index in [0.29, 0.717) is 21.7 Å². The molecular formula is C17H11Cl2N3O3. The highest BCUT2D eigenvalue weighted by molar-refractivity contribution is 6.38. The monoisotopic (exact) mass is 375 g/mol. The van der Waals surface area contributed by atoms with E-state index >= 15 is 0 Å². The molecule has 1 aromatic heterocycles. The molecule has 126 valence electrons. The molecule has 6 nitrogen and oxygen atoms in total. The van der Waals surface area contributed by atoms with Crippen molar-refractivity contribution in [1.29, 1.82) is 0 Å². The van der Waals surface area contributed by atoms with Crippen molar-refractivity contribution >= 4 is 51.7 Å². The van der Waals surface area contributed by atoms with Gasteiger partial charge < -0.3 is 15.9 Å². The van der Waals surface area contributed by atoms with Gasteiger partial charge in [0.2, 0.25) is 11.5 Å². The fourth-order valence-corrected chi connectivity index (χ4v) is 2.82. The molecule has 3 aromatic rings. The molecule has 0 aliphatic rings. The number of benzene rings is 2. The summed E-state index contributed by atoms with van der Waals surface area (Å²) >= 11 is 12.1. The van der Waals surface area contributed by atoms with Gasteiger partial charge in [-0.3, -0.25) is 9.59 Å². The van der Waals surface area contributed by atoms with Gasteiger partial charge in [0.25, 0.3) is 5.91 Å². The minimum atomic E-state index is -0.730. The number of nitrogens with two attached hydrogens (primary N) is 2. The van der Waals surface area contributed by atoms with E-state index in [0.717, 1.165) is 0 Å². The van der Waals surface area contributed by atoms with Crippen molar-refractivity contribution in [2.45, 2.75) is 0 Å². The molecule has 8 heteroatoms. The minimum Gasteiger partial charge on any atom is -0.436 e. The molecule has 0 bridgehead atoms. The molecule has 2 aromatic carbocycles. The summed E-state index contributed by atoms with van der Waals surface area (Å²) < 4.78 is 5.67. The molecule has 0 saturated carbocycles. The zero-order valence-corrected chi connectivity index (χ0v) is 14.1. The Hall–Kier alpha value is -2.83. The van der Waals surface area contributed by atoms with Crippen LogP contribution in [0.15, 0.2) is 51.9 Å². The van der Waals surface area contributed by atoms with Crippen LogP contribution >= 0.6 is 23.2 Å². The van der Waals surface area contributed by atoms with Crippen LogP contribution in [0.1, 0.15) is 20.7 Å². The fraction of sp³-hybridized carbons (Fsp3) is 0. The molecule has 0 radical (unpaired) electrons. The van der Waals surface area contributed by atoms with Crippen LogP contribution in [0.2, 0.25) is 10.0 Å². The first kappa shape index (κ1) is 17.0. The van der Waals surface area contributed by atoms with E-state index in [1.54, 1.807) is 24.3 Å². The number of amides is 2. The Morgan fingerprint density at radius 2 is 1.76 bits per heavy atom. The third-order valence-electron chi connectivity index (χ3n) is 3.39. The second kappa shape index (κ2) is 6.58. The Labute approximate surface area is 151 Å². The Bertz CT molecular complexity index is 1090. The van der Waals surface area contributed by atoms with E-state index < -0.39 is 11.8 Å². The van der Waals surface area contributed by atoms with Gasteiger partial charge in [-0.15, -0.1) is 0 Å². The van der Waals surface area contributed by atoms with E-state index in [9.17, 15) is 9.59 Å². The molecule has 3 rings (SSSR count). The van der Waals surface area contributed by atoms with Crippen molar-refractivity contribution in [2.75, 3.05) is 0 Å². The van der Waals surface area contributed by atoms with Gasteiger partial charge in [0, 0.05) is 16.0 Å². The average Bonchev–Trinajstić information content (AvgIpc) is 2.55. The van der Waals surface area contributed by atoms with Gasteiger partial charge in [-0.1, -0.05) is 29.3 Å². The predicted octanol–water partition coefficient (Wildman–Crippen LogP) is 3.17. The lowest BCUT2D eigenvalue weighted by molar-refractivity contribution is 0.0989. The zero-order chi connectivity index (χ0) is 18.1. The molecule has 25 heavy (non-hydrogen) atoms. The van der Waals surface area contributed by atoms with Crippen LogP contribution in [0, 0.1) is 0 Å². The van der Waals surface area contributed by atoms with Gasteiger partial charge in [0.05, 0.1) is 10.7 Å². The lowest BCUT2D eigenvalue weighted by Crippen LogP contribution is -2.21. The van der Waals surface area contributed by atoms with E-state index in [4.69, 9.17) is 39.1 Å². The Morgan fingerprint density at radius 3 is 2.44 bits per heavy atom. The largest absolute Gasteiger partial charge is 0.436 e. The Balaban J connectivity index is 2.30. The van der Waals surface area contributed by atoms with Crippen LogP contribution in [0.4, 0.5) is 5.69 Å². The number of hydrogen-bond acceptors (Lipinski definition) is 4. The van der Waals surface area contributed by atoms with Crippen molar-refractivity contribution in [3.63, 3.8) is 0 Å². The molecule has 0 spiro atoms. The first-order valence-electron chi connectivity index (χ1n) is 7.02. The topological polar surface area (TPSA) is 112 Å². The van der Waals surface area contributed by atoms with Gasteiger partial charge in [0.1, 0.15) is 5.56 Å². The van der Waals surface area contributed by atoms with Crippen LogP contribution < -0.4 is 17.0 Å². The van der Waals surface area contributed by atoms with Crippen molar-refractivity contribution < 1.29 is 14.0 Å². The quantitative estimate of drug-likeness (QED) is 0.732. The summed E-state index contributed by atoms with van der Waals surface area (Å²) in [6, 6.07) is 10.8. The molecule has 0 aliphatic carbocycles. The van der Waals surface area contributed by atoms with Crippen LogP contribution in [-0.2, 0) is 0 Å². The van der Waals surface area contributed by atoms with E-state index in [1.807, 2.05) is 0 Å². The molecule has 0 unspecified atom stereocenters. The van der Waals surface area contributed by atoms with Crippen LogP contribution in [-0.4, -0.2) is 11.8 Å². The molecule has 1 heterocycles. The van der Waals surface area contributed by atoms with E-state index in [2.05, 4.69) is 4.99 Å². The van der Waals surface area contributed by atoms with E-state index in [1.165, 1.54) is 18.2 Å². The highest BCUT2D eigenvalue weighted by Gasteiger charge is 2.12. The summed E-state index contributed by atoms with van der Waals surface area (Å²) in [4.78, 5) is 27.3. The second-order valence-electron chi connectivity index (χ2n) is 5.16. The van der Waals surface area contributed by atoms with E-state index in [-0.39, 0.29) is 21.7 Å². The van der Waals surface area contributed by atoms with Gasteiger partial charge >= 0.3 is 0 Å². The van der Waals surface area contributed by atoms with Crippen LogP contribution in [0.25, 0.3) is 11.0 Å². The third kappa shape index (κ3) is 3.50. The normalized spacial score (nSPS) is 11.7. The molecule has 2 amide bonds. The number of primary amides is 2. The summed E-state index contributed by atoms with van der Waals surface area (Å²) in [5, 5.41) is 1.17. The highest BCUT2D eigenvalue weighted by Crippen LogP contribution is 2.27. The predicted molar refractivity (Wildman–Crippen MR) is 94.9 cm³/mol. The van der Waals surface area contributed by atoms with Crippen molar-refractivity contribution in [1.82, 2.24) is 0 Å². The Morgan fingerprint density at radius 1 is 1.00 bits per heavy atom. The minimum absolute atomic E-state index is 0.0363. The van der Waals surface area contributed by atoms with Crippen molar-refractivity contribution in [2.24, 2.45) is 16.5 Å².